The lowest BCUT2D eigenvalue weighted by molar-refractivity contribution is -0.384. The third kappa shape index (κ3) is 2.04. The highest BCUT2D eigenvalue weighted by Crippen LogP contribution is 2.64. The molecule has 3 aromatic carbocycles. The number of nitrogens with zero attached hydrogens (tertiary/aromatic N) is 2. The van der Waals surface area contributed by atoms with E-state index in [1.54, 1.807) is 18.2 Å². The molecule has 1 saturated heterocycles. The molecule has 0 radical (unpaired) electrons. The van der Waals surface area contributed by atoms with Crippen molar-refractivity contribution in [1.29, 1.82) is 0 Å². The van der Waals surface area contributed by atoms with Gasteiger partial charge in [-0.2, -0.15) is 0 Å². The number of rotatable bonds is 4. The van der Waals surface area contributed by atoms with E-state index in [4.69, 9.17) is 5.73 Å². The highest BCUT2D eigenvalue weighted by atomic mass is 16.6. The Hall–Kier alpha value is -3.71. The van der Waals surface area contributed by atoms with E-state index in [2.05, 4.69) is 5.43 Å². The molecule has 0 spiro atoms. The Bertz CT molecular complexity index is 1110. The third-order valence-corrected chi connectivity index (χ3v) is 5.64. The van der Waals surface area contributed by atoms with Gasteiger partial charge in [0.2, 0.25) is 0 Å². The molecule has 0 aliphatic carbocycles. The fraction of sp³-hybridized carbons (Fsp3) is 0.0952. The molecule has 5 rings (SSSR count). The Kier molecular flexibility index (Phi) is 3.32. The SMILES string of the molecule is Nc1ccc(N[N+]23C(=O)C(c4cc([N+](=O)[O-])ccc42)C3c2ccccc2)cc1. The standard InChI is InChI=1S/C21H17N4O3/c22-14-6-8-15(9-7-14)23-25-18-11-10-16(24(27)28)12-17(18)19(21(25)26)20(25)13-4-2-1-3-5-13/h1-12,19-20,23H,22H2/q+1. The van der Waals surface area contributed by atoms with Gasteiger partial charge in [0.05, 0.1) is 10.6 Å². The molecule has 28 heavy (non-hydrogen) atoms. The van der Waals surface area contributed by atoms with Crippen LogP contribution in [-0.2, 0) is 4.79 Å². The van der Waals surface area contributed by atoms with Crippen LogP contribution in [0, 0.1) is 10.1 Å². The number of β-lactam (4-membered cyclic amide) rings is 1. The van der Waals surface area contributed by atoms with Crippen molar-refractivity contribution in [3.8, 4) is 0 Å². The van der Waals surface area contributed by atoms with Gasteiger partial charge in [-0.25, -0.2) is 10.2 Å². The highest BCUT2D eigenvalue weighted by Gasteiger charge is 2.75. The number of amides is 1. The molecule has 1 fully saturated rings. The van der Waals surface area contributed by atoms with Crippen molar-refractivity contribution in [3.05, 3.63) is 94.0 Å². The van der Waals surface area contributed by atoms with Crippen LogP contribution in [0.4, 0.5) is 22.7 Å². The number of hydrogen-bond donors (Lipinski definition) is 2. The maximum atomic E-state index is 13.3. The van der Waals surface area contributed by atoms with E-state index in [1.807, 2.05) is 42.5 Å². The number of benzene rings is 3. The van der Waals surface area contributed by atoms with E-state index in [-0.39, 0.29) is 22.2 Å². The number of nitrogens with two attached hydrogens (primary N) is 1. The molecule has 2 aliphatic rings. The summed E-state index contributed by atoms with van der Waals surface area (Å²) in [6.45, 7) is 0. The van der Waals surface area contributed by atoms with Crippen LogP contribution in [0.1, 0.15) is 23.1 Å². The molecule has 0 saturated carbocycles. The summed E-state index contributed by atoms with van der Waals surface area (Å²) in [6, 6.07) is 21.5. The van der Waals surface area contributed by atoms with Crippen molar-refractivity contribution in [1.82, 2.24) is 4.59 Å². The molecule has 3 unspecified atom stereocenters. The van der Waals surface area contributed by atoms with Gasteiger partial charge in [-0.05, 0) is 24.3 Å². The number of anilines is 2. The number of non-ortho nitro benzene ring substituents is 1. The van der Waals surface area contributed by atoms with Gasteiger partial charge in [0.25, 0.3) is 5.69 Å². The summed E-state index contributed by atoms with van der Waals surface area (Å²) in [6.07, 6.45) is 0. The summed E-state index contributed by atoms with van der Waals surface area (Å²) < 4.78 is -0.0775. The summed E-state index contributed by atoms with van der Waals surface area (Å²) in [5.74, 6) is -0.417. The van der Waals surface area contributed by atoms with E-state index in [9.17, 15) is 14.9 Å². The third-order valence-electron chi connectivity index (χ3n) is 5.64. The number of nitrogen functional groups attached to an aromatic ring is 1. The predicted molar refractivity (Wildman–Crippen MR) is 106 cm³/mol. The van der Waals surface area contributed by atoms with Crippen molar-refractivity contribution < 1.29 is 9.72 Å². The summed E-state index contributed by atoms with van der Waals surface area (Å²) in [4.78, 5) is 24.1. The van der Waals surface area contributed by atoms with E-state index in [0.717, 1.165) is 22.5 Å². The molecule has 1 amide bonds. The van der Waals surface area contributed by atoms with Gasteiger partial charge in [0.15, 0.2) is 17.6 Å². The van der Waals surface area contributed by atoms with Crippen LogP contribution in [0.3, 0.4) is 0 Å². The zero-order chi connectivity index (χ0) is 19.5. The largest absolute Gasteiger partial charge is 0.399 e. The fourth-order valence-electron chi connectivity index (χ4n) is 4.44. The lowest BCUT2D eigenvalue weighted by Gasteiger charge is -2.45. The maximum Gasteiger partial charge on any atom is 0.357 e. The normalized spacial score (nSPS) is 24.4. The lowest BCUT2D eigenvalue weighted by atomic mass is 9.83. The van der Waals surface area contributed by atoms with Crippen LogP contribution in [0.5, 0.6) is 0 Å². The van der Waals surface area contributed by atoms with E-state index >= 15 is 0 Å². The first-order valence-corrected chi connectivity index (χ1v) is 8.93. The first-order chi connectivity index (χ1) is 13.5. The molecule has 7 nitrogen and oxygen atoms in total. The van der Waals surface area contributed by atoms with Gasteiger partial charge in [0.1, 0.15) is 0 Å². The Morgan fingerprint density at radius 2 is 1.71 bits per heavy atom. The summed E-state index contributed by atoms with van der Waals surface area (Å²) >= 11 is 0. The van der Waals surface area contributed by atoms with Crippen LogP contribution in [0.2, 0.25) is 0 Å². The van der Waals surface area contributed by atoms with Crippen molar-refractivity contribution in [3.63, 3.8) is 0 Å². The minimum absolute atomic E-state index is 0.00209. The molecule has 2 bridgehead atoms. The van der Waals surface area contributed by atoms with Gasteiger partial charge < -0.3 is 5.73 Å². The van der Waals surface area contributed by atoms with Crippen LogP contribution >= 0.6 is 0 Å². The number of fused-ring (bicyclic) bond motifs is 5. The van der Waals surface area contributed by atoms with Gasteiger partial charge >= 0.3 is 5.91 Å². The van der Waals surface area contributed by atoms with Crippen molar-refractivity contribution in [2.24, 2.45) is 0 Å². The summed E-state index contributed by atoms with van der Waals surface area (Å²) in [5, 5.41) is 11.2. The monoisotopic (exact) mass is 373 g/mol. The number of hydrogen-bond acceptors (Lipinski definition) is 5. The molecule has 7 heteroatoms. The number of nitro benzene ring substituents is 1. The number of nitro groups is 1. The zero-order valence-electron chi connectivity index (χ0n) is 14.8. The van der Waals surface area contributed by atoms with Crippen LogP contribution in [-0.4, -0.2) is 10.8 Å². The second kappa shape index (κ2) is 5.64. The number of quaternary nitrogens is 1. The second-order valence-corrected chi connectivity index (χ2v) is 7.13. The lowest BCUT2D eigenvalue weighted by Crippen LogP contribution is -2.68. The average molecular weight is 373 g/mol. The van der Waals surface area contributed by atoms with Crippen LogP contribution in [0.25, 0.3) is 0 Å². The predicted octanol–water partition coefficient (Wildman–Crippen LogP) is 3.89. The summed E-state index contributed by atoms with van der Waals surface area (Å²) in [5.41, 5.74) is 13.0. The Balaban J connectivity index is 1.68. The Morgan fingerprint density at radius 3 is 2.39 bits per heavy atom. The zero-order valence-corrected chi connectivity index (χ0v) is 14.8. The number of carbonyl (C=O) groups is 1. The van der Waals surface area contributed by atoms with Gasteiger partial charge in [-0.15, -0.1) is 4.59 Å². The first kappa shape index (κ1) is 16.5. The quantitative estimate of drug-likeness (QED) is 0.238. The Morgan fingerprint density at radius 1 is 1.00 bits per heavy atom. The van der Waals surface area contributed by atoms with E-state index in [1.165, 1.54) is 12.1 Å². The first-order valence-electron chi connectivity index (χ1n) is 8.93. The summed E-state index contributed by atoms with van der Waals surface area (Å²) in [7, 11) is 0. The van der Waals surface area contributed by atoms with Gasteiger partial charge in [0, 0.05) is 35.0 Å². The minimum Gasteiger partial charge on any atom is -0.399 e. The molecule has 3 N–H and O–H groups in total. The van der Waals surface area contributed by atoms with Gasteiger partial charge in [-0.1, -0.05) is 30.3 Å². The maximum absolute atomic E-state index is 13.3. The smallest absolute Gasteiger partial charge is 0.357 e. The topological polar surface area (TPSA) is 98.3 Å². The van der Waals surface area contributed by atoms with E-state index < -0.39 is 10.8 Å². The molecule has 3 atom stereocenters. The number of carbonyl (C=O) groups excluding carboxylic acids is 1. The molecule has 0 aromatic heterocycles. The molecule has 138 valence electrons. The van der Waals surface area contributed by atoms with Crippen molar-refractivity contribution >= 4 is 28.7 Å². The molecule has 2 heterocycles. The van der Waals surface area contributed by atoms with Crippen LogP contribution in [0.15, 0.2) is 72.8 Å². The van der Waals surface area contributed by atoms with E-state index in [0.29, 0.717) is 5.69 Å². The molecule has 3 aromatic rings. The molecular formula is C21H17N4O3+. The Labute approximate surface area is 160 Å². The average Bonchev–Trinajstić information content (AvgIpc) is 3.13. The fourth-order valence-corrected chi connectivity index (χ4v) is 4.44. The van der Waals surface area contributed by atoms with Crippen LogP contribution < -0.4 is 15.8 Å². The number of nitrogens with one attached hydrogen (secondary N) is 1. The second-order valence-electron chi connectivity index (χ2n) is 7.13. The van der Waals surface area contributed by atoms with Crippen molar-refractivity contribution in [2.75, 3.05) is 11.2 Å². The molecular weight excluding hydrogens is 356 g/mol. The molecule has 2 aliphatic heterocycles. The minimum atomic E-state index is -0.426. The highest BCUT2D eigenvalue weighted by molar-refractivity contribution is 6.10. The van der Waals surface area contributed by atoms with Crippen molar-refractivity contribution in [2.45, 2.75) is 12.0 Å². The van der Waals surface area contributed by atoms with Gasteiger partial charge in [-0.3, -0.25) is 10.1 Å².